The highest BCUT2D eigenvalue weighted by Crippen LogP contribution is 2.30. The van der Waals surface area contributed by atoms with Gasteiger partial charge in [0.15, 0.2) is 5.92 Å². The SMILES string of the molecule is CC1=NN(c2ccc3nc[nH]c3c2)C(=O)C1C(=O)Nc1cccc(C(C)(F)F)c1. The normalized spacial score (nSPS) is 17.0. The molecule has 1 aliphatic heterocycles. The molecule has 1 aliphatic rings. The monoisotopic (exact) mass is 397 g/mol. The van der Waals surface area contributed by atoms with E-state index < -0.39 is 23.7 Å². The third-order valence-electron chi connectivity index (χ3n) is 4.68. The van der Waals surface area contributed by atoms with Crippen molar-refractivity contribution in [3.05, 3.63) is 54.4 Å². The second-order valence-electron chi connectivity index (χ2n) is 6.89. The highest BCUT2D eigenvalue weighted by Gasteiger charge is 2.40. The zero-order valence-corrected chi connectivity index (χ0v) is 15.6. The molecule has 2 aromatic carbocycles. The molecule has 0 saturated carbocycles. The van der Waals surface area contributed by atoms with Crippen LogP contribution in [0, 0.1) is 5.92 Å². The summed E-state index contributed by atoms with van der Waals surface area (Å²) in [7, 11) is 0. The molecule has 0 aliphatic carbocycles. The van der Waals surface area contributed by atoms with Crippen LogP contribution >= 0.6 is 0 Å². The average molecular weight is 397 g/mol. The summed E-state index contributed by atoms with van der Waals surface area (Å²) >= 11 is 0. The van der Waals surface area contributed by atoms with E-state index in [1.807, 2.05) is 0 Å². The van der Waals surface area contributed by atoms with Gasteiger partial charge in [-0.1, -0.05) is 12.1 Å². The van der Waals surface area contributed by atoms with Gasteiger partial charge in [-0.25, -0.2) is 13.8 Å². The van der Waals surface area contributed by atoms with Crippen LogP contribution in [0.15, 0.2) is 53.9 Å². The van der Waals surface area contributed by atoms with Gasteiger partial charge in [-0.05, 0) is 37.3 Å². The van der Waals surface area contributed by atoms with Gasteiger partial charge in [0.1, 0.15) is 0 Å². The van der Waals surface area contributed by atoms with Crippen molar-refractivity contribution in [2.24, 2.45) is 11.0 Å². The fourth-order valence-electron chi connectivity index (χ4n) is 3.19. The number of hydrogen-bond donors (Lipinski definition) is 2. The molecule has 7 nitrogen and oxygen atoms in total. The molecule has 1 unspecified atom stereocenters. The Bertz CT molecular complexity index is 1150. The minimum atomic E-state index is -3.04. The molecular weight excluding hydrogens is 380 g/mol. The molecule has 3 aromatic rings. The maximum Gasteiger partial charge on any atom is 0.270 e. The van der Waals surface area contributed by atoms with E-state index >= 15 is 0 Å². The predicted molar refractivity (Wildman–Crippen MR) is 105 cm³/mol. The molecular formula is C20H17F2N5O2. The zero-order valence-electron chi connectivity index (χ0n) is 15.6. The van der Waals surface area contributed by atoms with E-state index in [0.717, 1.165) is 23.0 Å². The van der Waals surface area contributed by atoms with Crippen molar-refractivity contribution in [1.82, 2.24) is 9.97 Å². The number of carbonyl (C=O) groups excluding carboxylic acids is 2. The maximum absolute atomic E-state index is 13.5. The van der Waals surface area contributed by atoms with Crippen molar-refractivity contribution in [2.75, 3.05) is 10.3 Å². The van der Waals surface area contributed by atoms with Gasteiger partial charge in [-0.3, -0.25) is 9.59 Å². The maximum atomic E-state index is 13.5. The number of anilines is 2. The molecule has 0 saturated heterocycles. The smallest absolute Gasteiger partial charge is 0.270 e. The van der Waals surface area contributed by atoms with Crippen LogP contribution in [0.4, 0.5) is 20.2 Å². The highest BCUT2D eigenvalue weighted by atomic mass is 19.3. The first-order valence-electron chi connectivity index (χ1n) is 8.85. The summed E-state index contributed by atoms with van der Waals surface area (Å²) in [5.74, 6) is -5.32. The molecule has 2 N–H and O–H groups in total. The molecule has 0 radical (unpaired) electrons. The summed E-state index contributed by atoms with van der Waals surface area (Å²) < 4.78 is 27.0. The number of rotatable bonds is 4. The fourth-order valence-corrected chi connectivity index (χ4v) is 3.19. The first-order chi connectivity index (χ1) is 13.7. The Balaban J connectivity index is 1.55. The van der Waals surface area contributed by atoms with Crippen molar-refractivity contribution >= 4 is 39.9 Å². The molecule has 4 rings (SSSR count). The Morgan fingerprint density at radius 1 is 1.24 bits per heavy atom. The Labute approximate surface area is 164 Å². The number of alkyl halides is 2. The number of aromatic nitrogens is 2. The van der Waals surface area contributed by atoms with Gasteiger partial charge in [-0.2, -0.15) is 10.1 Å². The number of benzene rings is 2. The minimum Gasteiger partial charge on any atom is -0.345 e. The summed E-state index contributed by atoms with van der Waals surface area (Å²) in [6, 6.07) is 10.5. The number of nitrogens with one attached hydrogen (secondary N) is 2. The van der Waals surface area contributed by atoms with E-state index in [2.05, 4.69) is 20.4 Å². The summed E-state index contributed by atoms with van der Waals surface area (Å²) in [4.78, 5) is 32.6. The van der Waals surface area contributed by atoms with Crippen LogP contribution in [-0.4, -0.2) is 27.5 Å². The molecule has 9 heteroatoms. The first-order valence-corrected chi connectivity index (χ1v) is 8.85. The van der Waals surface area contributed by atoms with Crippen LogP contribution in [0.3, 0.4) is 0 Å². The zero-order chi connectivity index (χ0) is 20.8. The Morgan fingerprint density at radius 3 is 2.79 bits per heavy atom. The molecule has 2 heterocycles. The lowest BCUT2D eigenvalue weighted by atomic mass is 10.0. The number of nitrogens with zero attached hydrogens (tertiary/aromatic N) is 3. The van der Waals surface area contributed by atoms with Crippen LogP contribution < -0.4 is 10.3 Å². The number of imidazole rings is 1. The summed E-state index contributed by atoms with van der Waals surface area (Å²) in [6.07, 6.45) is 1.54. The van der Waals surface area contributed by atoms with E-state index in [1.54, 1.807) is 31.5 Å². The summed E-state index contributed by atoms with van der Waals surface area (Å²) in [6.45, 7) is 2.35. The topological polar surface area (TPSA) is 90.5 Å². The van der Waals surface area contributed by atoms with Gasteiger partial charge < -0.3 is 10.3 Å². The largest absolute Gasteiger partial charge is 0.345 e. The van der Waals surface area contributed by atoms with Gasteiger partial charge >= 0.3 is 0 Å². The van der Waals surface area contributed by atoms with Crippen molar-refractivity contribution in [1.29, 1.82) is 0 Å². The molecule has 2 amide bonds. The third-order valence-corrected chi connectivity index (χ3v) is 4.68. The van der Waals surface area contributed by atoms with Crippen molar-refractivity contribution in [2.45, 2.75) is 19.8 Å². The Morgan fingerprint density at radius 2 is 2.03 bits per heavy atom. The number of hydrogen-bond acceptors (Lipinski definition) is 4. The van der Waals surface area contributed by atoms with Gasteiger partial charge in [-0.15, -0.1) is 0 Å². The van der Waals surface area contributed by atoms with Gasteiger partial charge in [0.2, 0.25) is 5.91 Å². The van der Waals surface area contributed by atoms with E-state index in [0.29, 0.717) is 11.4 Å². The number of fused-ring (bicyclic) bond motifs is 1. The molecule has 29 heavy (non-hydrogen) atoms. The van der Waals surface area contributed by atoms with Crippen molar-refractivity contribution in [3.8, 4) is 0 Å². The Hall–Kier alpha value is -3.62. The number of amides is 2. The number of halogens is 2. The van der Waals surface area contributed by atoms with Crippen LogP contribution in [-0.2, 0) is 15.5 Å². The predicted octanol–water partition coefficient (Wildman–Crippen LogP) is 3.65. The summed E-state index contributed by atoms with van der Waals surface area (Å²) in [5.41, 5.74) is 2.24. The fraction of sp³-hybridized carbons (Fsp3) is 0.200. The van der Waals surface area contributed by atoms with E-state index in [1.165, 1.54) is 24.3 Å². The molecule has 1 atom stereocenters. The van der Waals surface area contributed by atoms with Crippen LogP contribution in [0.25, 0.3) is 11.0 Å². The van der Waals surface area contributed by atoms with Crippen LogP contribution in [0.2, 0.25) is 0 Å². The second kappa shape index (κ2) is 6.77. The summed E-state index contributed by atoms with van der Waals surface area (Å²) in [5, 5.41) is 7.92. The third kappa shape index (κ3) is 3.46. The molecule has 0 spiro atoms. The second-order valence-corrected chi connectivity index (χ2v) is 6.89. The highest BCUT2D eigenvalue weighted by molar-refractivity contribution is 6.28. The first kappa shape index (κ1) is 18.7. The van der Waals surface area contributed by atoms with Gasteiger partial charge in [0, 0.05) is 18.2 Å². The van der Waals surface area contributed by atoms with Crippen molar-refractivity contribution < 1.29 is 18.4 Å². The van der Waals surface area contributed by atoms with Crippen LogP contribution in [0.1, 0.15) is 19.4 Å². The van der Waals surface area contributed by atoms with E-state index in [-0.39, 0.29) is 11.3 Å². The average Bonchev–Trinajstić information content (AvgIpc) is 3.24. The number of H-pyrrole nitrogens is 1. The quantitative estimate of drug-likeness (QED) is 0.659. The number of aromatic amines is 1. The van der Waals surface area contributed by atoms with Gasteiger partial charge in [0.05, 0.1) is 28.8 Å². The number of hydrazone groups is 1. The standard InChI is InChI=1S/C20H17F2N5O2/c1-11-17(18(28)25-13-5-3-4-12(8-13)20(2,21)22)19(29)27(26-11)14-6-7-15-16(9-14)24-10-23-15/h3-10,17H,1-2H3,(H,23,24)(H,25,28). The number of carbonyl (C=O) groups is 2. The van der Waals surface area contributed by atoms with E-state index in [9.17, 15) is 18.4 Å². The lowest BCUT2D eigenvalue weighted by Crippen LogP contribution is -2.36. The van der Waals surface area contributed by atoms with Crippen LogP contribution in [0.5, 0.6) is 0 Å². The van der Waals surface area contributed by atoms with E-state index in [4.69, 9.17) is 0 Å². The minimum absolute atomic E-state index is 0.187. The Kier molecular flexibility index (Phi) is 4.37. The van der Waals surface area contributed by atoms with Crippen molar-refractivity contribution in [3.63, 3.8) is 0 Å². The molecule has 0 fully saturated rings. The van der Waals surface area contributed by atoms with Gasteiger partial charge in [0.25, 0.3) is 11.8 Å². The molecule has 148 valence electrons. The molecule has 0 bridgehead atoms. The molecule has 1 aromatic heterocycles. The lowest BCUT2D eigenvalue weighted by Gasteiger charge is -2.15. The lowest BCUT2D eigenvalue weighted by molar-refractivity contribution is -0.127.